The van der Waals surface area contributed by atoms with Gasteiger partial charge in [0.25, 0.3) is 0 Å². The van der Waals surface area contributed by atoms with Crippen LogP contribution in [0.4, 0.5) is 5.69 Å². The molecule has 0 spiro atoms. The largest absolute Gasteiger partial charge is 0.454 e. The third-order valence-electron chi connectivity index (χ3n) is 4.65. The summed E-state index contributed by atoms with van der Waals surface area (Å²) in [5.41, 5.74) is 2.58. The molecule has 4 heteroatoms. The molecule has 1 fully saturated rings. The van der Waals surface area contributed by atoms with E-state index in [9.17, 15) is 0 Å². The maximum Gasteiger partial charge on any atom is 0.231 e. The summed E-state index contributed by atoms with van der Waals surface area (Å²) < 4.78 is 10.9. The summed E-state index contributed by atoms with van der Waals surface area (Å²) in [6.07, 6.45) is 2.34. The van der Waals surface area contributed by atoms with Crippen LogP contribution in [0.15, 0.2) is 48.5 Å². The van der Waals surface area contributed by atoms with Crippen LogP contribution in [0.1, 0.15) is 18.4 Å². The molecular formula is C19H22N2O2. The highest BCUT2D eigenvalue weighted by molar-refractivity contribution is 5.57. The minimum absolute atomic E-state index is 0.338. The first-order valence-electron chi connectivity index (χ1n) is 8.30. The van der Waals surface area contributed by atoms with Gasteiger partial charge in [0.15, 0.2) is 11.5 Å². The van der Waals surface area contributed by atoms with E-state index >= 15 is 0 Å². The van der Waals surface area contributed by atoms with Crippen LogP contribution in [0.5, 0.6) is 11.5 Å². The lowest BCUT2D eigenvalue weighted by Crippen LogP contribution is -2.42. The van der Waals surface area contributed by atoms with Crippen molar-refractivity contribution in [3.8, 4) is 11.5 Å². The fraction of sp³-hybridized carbons (Fsp3) is 0.368. The van der Waals surface area contributed by atoms with Gasteiger partial charge in [-0.25, -0.2) is 0 Å². The number of piperidine rings is 1. The molecule has 120 valence electrons. The molecule has 4 nitrogen and oxygen atoms in total. The van der Waals surface area contributed by atoms with Gasteiger partial charge in [-0.05, 0) is 30.5 Å². The fourth-order valence-electron chi connectivity index (χ4n) is 3.28. The average Bonchev–Trinajstić information content (AvgIpc) is 3.09. The molecule has 0 atom stereocenters. The predicted octanol–water partition coefficient (Wildman–Crippen LogP) is 3.17. The zero-order valence-electron chi connectivity index (χ0n) is 13.2. The number of ether oxygens (including phenoxy) is 2. The van der Waals surface area contributed by atoms with E-state index in [2.05, 4.69) is 52.7 Å². The molecule has 0 saturated carbocycles. The molecule has 1 N–H and O–H groups in total. The van der Waals surface area contributed by atoms with Crippen molar-refractivity contribution in [2.75, 3.05) is 24.8 Å². The smallest absolute Gasteiger partial charge is 0.231 e. The zero-order chi connectivity index (χ0) is 15.5. The van der Waals surface area contributed by atoms with Crippen molar-refractivity contribution in [3.05, 3.63) is 54.1 Å². The summed E-state index contributed by atoms with van der Waals surface area (Å²) in [5, 5.41) is 3.68. The van der Waals surface area contributed by atoms with Crippen molar-refractivity contribution in [2.45, 2.75) is 25.4 Å². The van der Waals surface area contributed by atoms with E-state index < -0.39 is 0 Å². The van der Waals surface area contributed by atoms with Crippen LogP contribution in [-0.4, -0.2) is 25.9 Å². The fourth-order valence-corrected chi connectivity index (χ4v) is 3.28. The lowest BCUT2D eigenvalue weighted by atomic mass is 10.0. The van der Waals surface area contributed by atoms with Crippen LogP contribution >= 0.6 is 0 Å². The van der Waals surface area contributed by atoms with Crippen molar-refractivity contribution in [1.82, 2.24) is 5.32 Å². The van der Waals surface area contributed by atoms with E-state index in [0.29, 0.717) is 12.8 Å². The van der Waals surface area contributed by atoms with Gasteiger partial charge in [0.2, 0.25) is 6.79 Å². The molecule has 2 aromatic carbocycles. The Kier molecular flexibility index (Phi) is 4.07. The van der Waals surface area contributed by atoms with E-state index in [-0.39, 0.29) is 0 Å². The average molecular weight is 310 g/mol. The molecule has 2 aromatic rings. The number of hydrogen-bond donors (Lipinski definition) is 1. The monoisotopic (exact) mass is 310 g/mol. The standard InChI is InChI=1S/C19H22N2O2/c1-2-4-15(5-3-1)13-20-16-8-10-21(11-9-16)17-6-7-18-19(12-17)23-14-22-18/h1-7,12,16,20H,8-11,13-14H2. The van der Waals surface area contributed by atoms with Crippen LogP contribution in [0, 0.1) is 0 Å². The molecule has 0 unspecified atom stereocenters. The number of nitrogens with zero attached hydrogens (tertiary/aromatic N) is 1. The topological polar surface area (TPSA) is 33.7 Å². The highest BCUT2D eigenvalue weighted by Crippen LogP contribution is 2.36. The van der Waals surface area contributed by atoms with Crippen molar-refractivity contribution >= 4 is 5.69 Å². The number of benzene rings is 2. The third kappa shape index (κ3) is 3.27. The molecule has 0 aromatic heterocycles. The maximum absolute atomic E-state index is 5.48. The van der Waals surface area contributed by atoms with Crippen molar-refractivity contribution in [2.24, 2.45) is 0 Å². The Morgan fingerprint density at radius 1 is 0.957 bits per heavy atom. The maximum atomic E-state index is 5.48. The molecule has 2 aliphatic rings. The summed E-state index contributed by atoms with van der Waals surface area (Å²) >= 11 is 0. The highest BCUT2D eigenvalue weighted by atomic mass is 16.7. The molecule has 2 heterocycles. The minimum Gasteiger partial charge on any atom is -0.454 e. The van der Waals surface area contributed by atoms with Gasteiger partial charge in [-0.2, -0.15) is 0 Å². The van der Waals surface area contributed by atoms with Crippen LogP contribution in [0.25, 0.3) is 0 Å². The lowest BCUT2D eigenvalue weighted by Gasteiger charge is -2.34. The van der Waals surface area contributed by atoms with Gasteiger partial charge in [-0.3, -0.25) is 0 Å². The summed E-state index contributed by atoms with van der Waals surface area (Å²) in [7, 11) is 0. The molecule has 0 aliphatic carbocycles. The first kappa shape index (κ1) is 14.4. The highest BCUT2D eigenvalue weighted by Gasteiger charge is 2.21. The molecule has 1 saturated heterocycles. The molecule has 0 bridgehead atoms. The Labute approximate surface area is 137 Å². The summed E-state index contributed by atoms with van der Waals surface area (Å²) in [5.74, 6) is 1.72. The summed E-state index contributed by atoms with van der Waals surface area (Å²) in [6.45, 7) is 3.44. The Bertz CT molecular complexity index is 652. The van der Waals surface area contributed by atoms with Gasteiger partial charge >= 0.3 is 0 Å². The second-order valence-corrected chi connectivity index (χ2v) is 6.17. The predicted molar refractivity (Wildman–Crippen MR) is 91.1 cm³/mol. The van der Waals surface area contributed by atoms with E-state index in [1.54, 1.807) is 0 Å². The van der Waals surface area contributed by atoms with Gasteiger partial charge in [-0.15, -0.1) is 0 Å². The molecule has 4 rings (SSSR count). The number of rotatable bonds is 4. The Balaban J connectivity index is 1.31. The van der Waals surface area contributed by atoms with Gasteiger partial charge in [0, 0.05) is 37.4 Å². The zero-order valence-corrected chi connectivity index (χ0v) is 13.2. The van der Waals surface area contributed by atoms with Gasteiger partial charge in [0.1, 0.15) is 0 Å². The number of nitrogens with one attached hydrogen (secondary N) is 1. The number of hydrogen-bond acceptors (Lipinski definition) is 4. The Morgan fingerprint density at radius 2 is 1.74 bits per heavy atom. The Hall–Kier alpha value is -2.20. The van der Waals surface area contributed by atoms with Crippen LogP contribution in [0.2, 0.25) is 0 Å². The summed E-state index contributed by atoms with van der Waals surface area (Å²) in [4.78, 5) is 2.43. The van der Waals surface area contributed by atoms with Gasteiger partial charge in [-0.1, -0.05) is 30.3 Å². The molecule has 2 aliphatic heterocycles. The SMILES string of the molecule is c1ccc(CNC2CCN(c3ccc4c(c3)OCO4)CC2)cc1. The number of fused-ring (bicyclic) bond motifs is 1. The number of anilines is 1. The van der Waals surface area contributed by atoms with E-state index in [0.717, 1.165) is 31.1 Å². The molecular weight excluding hydrogens is 288 g/mol. The first-order chi connectivity index (χ1) is 11.4. The van der Waals surface area contributed by atoms with Gasteiger partial charge in [0.05, 0.1) is 0 Å². The Morgan fingerprint density at radius 3 is 2.57 bits per heavy atom. The quantitative estimate of drug-likeness (QED) is 0.940. The molecule has 23 heavy (non-hydrogen) atoms. The second-order valence-electron chi connectivity index (χ2n) is 6.17. The second kappa shape index (κ2) is 6.50. The van der Waals surface area contributed by atoms with Crippen LogP contribution in [0.3, 0.4) is 0 Å². The van der Waals surface area contributed by atoms with E-state index in [1.807, 2.05) is 6.07 Å². The van der Waals surface area contributed by atoms with Crippen LogP contribution in [-0.2, 0) is 6.54 Å². The van der Waals surface area contributed by atoms with Gasteiger partial charge < -0.3 is 19.7 Å². The van der Waals surface area contributed by atoms with E-state index in [1.165, 1.54) is 24.1 Å². The molecule has 0 radical (unpaired) electrons. The minimum atomic E-state index is 0.338. The van der Waals surface area contributed by atoms with Crippen molar-refractivity contribution < 1.29 is 9.47 Å². The summed E-state index contributed by atoms with van der Waals surface area (Å²) in [6, 6.07) is 17.4. The normalized spacial score (nSPS) is 17.5. The lowest BCUT2D eigenvalue weighted by molar-refractivity contribution is 0.174. The first-order valence-corrected chi connectivity index (χ1v) is 8.30. The van der Waals surface area contributed by atoms with E-state index in [4.69, 9.17) is 9.47 Å². The third-order valence-corrected chi connectivity index (χ3v) is 4.65. The van der Waals surface area contributed by atoms with Crippen molar-refractivity contribution in [1.29, 1.82) is 0 Å². The van der Waals surface area contributed by atoms with Crippen LogP contribution < -0.4 is 19.7 Å². The van der Waals surface area contributed by atoms with Crippen molar-refractivity contribution in [3.63, 3.8) is 0 Å². The molecule has 0 amide bonds.